The van der Waals surface area contributed by atoms with Crippen LogP contribution in [0, 0.1) is 6.92 Å². The molecule has 0 spiro atoms. The number of aryl methyl sites for hydroxylation is 1. The van der Waals surface area contributed by atoms with Gasteiger partial charge in [0, 0.05) is 12.6 Å². The number of nitrogens with zero attached hydrogens (tertiary/aromatic N) is 5. The Kier molecular flexibility index (Phi) is 6.96. The van der Waals surface area contributed by atoms with Gasteiger partial charge in [0.1, 0.15) is 12.0 Å². The molecular weight excluding hydrogens is 424 g/mol. The molecule has 1 saturated heterocycles. The minimum atomic E-state index is -1.95. The molecule has 9 nitrogen and oxygen atoms in total. The lowest BCUT2D eigenvalue weighted by Gasteiger charge is -2.39. The minimum Gasteiger partial charge on any atom is -0.411 e. The third-order valence-corrected chi connectivity index (χ3v) is 10.8. The first-order valence-corrected chi connectivity index (χ1v) is 13.9. The van der Waals surface area contributed by atoms with Crippen LogP contribution in [0.2, 0.25) is 18.1 Å². The van der Waals surface area contributed by atoms with Gasteiger partial charge in [-0.25, -0.2) is 0 Å². The highest BCUT2D eigenvalue weighted by Crippen LogP contribution is 2.40. The van der Waals surface area contributed by atoms with Crippen molar-refractivity contribution in [3.05, 3.63) is 41.9 Å². The van der Waals surface area contributed by atoms with Crippen LogP contribution in [0.4, 0.5) is 0 Å². The zero-order chi connectivity index (χ0) is 23.7. The molecule has 3 atom stereocenters. The van der Waals surface area contributed by atoms with E-state index in [-0.39, 0.29) is 29.4 Å². The molecule has 0 saturated carbocycles. The standard InChI is InChI=1S/C22H34N6O3Si/c1-9-17-18(31-32(7,8)22(4,5)6)12-20(30-17)28-13-16(21(29)23-15(28)3)10-11-19-26-24-14(2)25-27-19/h10-11,13,17-18,20H,3,9,12H2,1-2,4-8H3,(H,23,29)/b11-10+/t17-,18-,20-/m1/s1. The number of carbonyl (C=O) groups is 1. The van der Waals surface area contributed by atoms with Crippen molar-refractivity contribution in [1.29, 1.82) is 0 Å². The van der Waals surface area contributed by atoms with Crippen molar-refractivity contribution in [2.45, 2.75) is 84.0 Å². The highest BCUT2D eigenvalue weighted by atomic mass is 28.4. The van der Waals surface area contributed by atoms with Gasteiger partial charge in [-0.05, 0) is 43.6 Å². The highest BCUT2D eigenvalue weighted by molar-refractivity contribution is 6.74. The second-order valence-corrected chi connectivity index (χ2v) is 14.5. The van der Waals surface area contributed by atoms with E-state index in [1.54, 1.807) is 25.3 Å². The van der Waals surface area contributed by atoms with Gasteiger partial charge in [0.25, 0.3) is 5.91 Å². The second-order valence-electron chi connectivity index (χ2n) is 9.72. The van der Waals surface area contributed by atoms with Gasteiger partial charge in [0.15, 0.2) is 20.0 Å². The van der Waals surface area contributed by atoms with Crippen molar-refractivity contribution in [2.24, 2.45) is 0 Å². The van der Waals surface area contributed by atoms with E-state index in [4.69, 9.17) is 9.16 Å². The first-order valence-electron chi connectivity index (χ1n) is 11.0. The average Bonchev–Trinajstić information content (AvgIpc) is 3.09. The number of rotatable bonds is 6. The quantitative estimate of drug-likeness (QED) is 0.648. The van der Waals surface area contributed by atoms with E-state index in [2.05, 4.69) is 73.1 Å². The third kappa shape index (κ3) is 5.30. The van der Waals surface area contributed by atoms with E-state index >= 15 is 0 Å². The minimum absolute atomic E-state index is 0.00168. The van der Waals surface area contributed by atoms with Gasteiger partial charge in [-0.3, -0.25) is 4.79 Å². The molecule has 1 aromatic heterocycles. The van der Waals surface area contributed by atoms with E-state index in [0.717, 1.165) is 6.42 Å². The predicted octanol–water partition coefficient (Wildman–Crippen LogP) is 3.29. The van der Waals surface area contributed by atoms with Crippen molar-refractivity contribution in [2.75, 3.05) is 0 Å². The van der Waals surface area contributed by atoms with Gasteiger partial charge in [0.2, 0.25) is 0 Å². The smallest absolute Gasteiger partial charge is 0.258 e. The van der Waals surface area contributed by atoms with Crippen LogP contribution >= 0.6 is 0 Å². The normalized spacial score (nSPS) is 24.8. The lowest BCUT2D eigenvalue weighted by atomic mass is 10.1. The SMILES string of the molecule is C=C1NC(=O)C(/C=C/c2nnc(C)nn2)=CN1[C@H]1C[C@@H](O[Si](C)(C)C(C)(C)C)[C@@H](CC)O1. The molecule has 2 aliphatic rings. The van der Waals surface area contributed by atoms with Gasteiger partial charge in [-0.2, -0.15) is 0 Å². The average molecular weight is 459 g/mol. The van der Waals surface area contributed by atoms with Crippen molar-refractivity contribution in [3.8, 4) is 0 Å². The molecule has 3 rings (SSSR count). The maximum absolute atomic E-state index is 12.5. The maximum Gasteiger partial charge on any atom is 0.258 e. The Hall–Kier alpha value is -2.43. The summed E-state index contributed by atoms with van der Waals surface area (Å²) in [5.41, 5.74) is 0.437. The first-order chi connectivity index (χ1) is 14.9. The highest BCUT2D eigenvalue weighted by Gasteiger charge is 2.45. The number of hydrogen-bond acceptors (Lipinski definition) is 8. The number of ether oxygens (including phenoxy) is 1. The van der Waals surface area contributed by atoms with Crippen LogP contribution in [0.15, 0.2) is 30.2 Å². The zero-order valence-electron chi connectivity index (χ0n) is 20.0. The molecule has 174 valence electrons. The fourth-order valence-electron chi connectivity index (χ4n) is 3.36. The maximum atomic E-state index is 12.5. The molecule has 3 heterocycles. The lowest BCUT2D eigenvalue weighted by molar-refractivity contribution is -0.118. The number of hydrogen-bond donors (Lipinski definition) is 1. The number of amides is 1. The molecule has 1 aromatic rings. The molecule has 0 radical (unpaired) electrons. The Morgan fingerprint density at radius 3 is 2.53 bits per heavy atom. The number of aromatic nitrogens is 4. The van der Waals surface area contributed by atoms with Crippen LogP contribution in [0.25, 0.3) is 6.08 Å². The van der Waals surface area contributed by atoms with Gasteiger partial charge < -0.3 is 19.4 Å². The third-order valence-electron chi connectivity index (χ3n) is 6.26. The molecule has 1 N–H and O–H groups in total. The molecular formula is C22H34N6O3Si. The molecule has 32 heavy (non-hydrogen) atoms. The van der Waals surface area contributed by atoms with Crippen LogP contribution in [0.5, 0.6) is 0 Å². The monoisotopic (exact) mass is 458 g/mol. The summed E-state index contributed by atoms with van der Waals surface area (Å²) >= 11 is 0. The number of carbonyl (C=O) groups excluding carboxylic acids is 1. The van der Waals surface area contributed by atoms with Crippen LogP contribution in [-0.4, -0.2) is 58.0 Å². The van der Waals surface area contributed by atoms with Crippen LogP contribution in [0.1, 0.15) is 52.2 Å². The van der Waals surface area contributed by atoms with E-state index in [1.807, 2.05) is 4.90 Å². The first kappa shape index (κ1) is 24.2. The summed E-state index contributed by atoms with van der Waals surface area (Å²) in [6.45, 7) is 19.0. The van der Waals surface area contributed by atoms with Crippen LogP contribution in [0.3, 0.4) is 0 Å². The van der Waals surface area contributed by atoms with Gasteiger partial charge in [-0.1, -0.05) is 34.3 Å². The summed E-state index contributed by atoms with van der Waals surface area (Å²) < 4.78 is 13.0. The number of nitrogens with one attached hydrogen (secondary N) is 1. The molecule has 0 unspecified atom stereocenters. The Balaban J connectivity index is 1.78. The van der Waals surface area contributed by atoms with Gasteiger partial charge >= 0.3 is 0 Å². The molecule has 10 heteroatoms. The van der Waals surface area contributed by atoms with Crippen molar-refractivity contribution in [3.63, 3.8) is 0 Å². The van der Waals surface area contributed by atoms with Crippen molar-refractivity contribution < 1.29 is 14.0 Å². The summed E-state index contributed by atoms with van der Waals surface area (Å²) in [4.78, 5) is 14.3. The molecule has 0 aromatic carbocycles. The topological polar surface area (TPSA) is 102 Å². The Labute approximate surface area is 191 Å². The van der Waals surface area contributed by atoms with Gasteiger partial charge in [-0.15, -0.1) is 20.4 Å². The van der Waals surface area contributed by atoms with E-state index in [9.17, 15) is 4.79 Å². The summed E-state index contributed by atoms with van der Waals surface area (Å²) in [6, 6.07) is 0. The van der Waals surface area contributed by atoms with E-state index in [0.29, 0.717) is 29.5 Å². The molecule has 1 fully saturated rings. The second kappa shape index (κ2) is 9.20. The molecule has 0 aliphatic carbocycles. The Morgan fingerprint density at radius 2 is 1.94 bits per heavy atom. The largest absolute Gasteiger partial charge is 0.411 e. The summed E-state index contributed by atoms with van der Waals surface area (Å²) in [6.07, 6.45) is 6.26. The zero-order valence-corrected chi connectivity index (χ0v) is 21.0. The lowest BCUT2D eigenvalue weighted by Crippen LogP contribution is -2.46. The van der Waals surface area contributed by atoms with Crippen molar-refractivity contribution >= 4 is 20.3 Å². The van der Waals surface area contributed by atoms with Crippen LogP contribution in [-0.2, 0) is 14.0 Å². The van der Waals surface area contributed by atoms with Gasteiger partial charge in [0.05, 0.1) is 17.8 Å². The van der Waals surface area contributed by atoms with Crippen LogP contribution < -0.4 is 5.32 Å². The molecule has 2 aliphatic heterocycles. The Bertz CT molecular complexity index is 923. The van der Waals surface area contributed by atoms with E-state index < -0.39 is 8.32 Å². The van der Waals surface area contributed by atoms with E-state index in [1.165, 1.54) is 0 Å². The molecule has 0 bridgehead atoms. The predicted molar refractivity (Wildman–Crippen MR) is 124 cm³/mol. The Morgan fingerprint density at radius 1 is 1.28 bits per heavy atom. The van der Waals surface area contributed by atoms with Crippen molar-refractivity contribution in [1.82, 2.24) is 30.6 Å². The summed E-state index contributed by atoms with van der Waals surface area (Å²) in [7, 11) is -1.95. The summed E-state index contributed by atoms with van der Waals surface area (Å²) in [5, 5.41) is 18.6. The molecule has 1 amide bonds. The fraction of sp³-hybridized carbons (Fsp3) is 0.591. The summed E-state index contributed by atoms with van der Waals surface area (Å²) in [5.74, 6) is 1.04. The fourth-order valence-corrected chi connectivity index (χ4v) is 4.72.